The van der Waals surface area contributed by atoms with Gasteiger partial charge in [-0.3, -0.25) is 4.79 Å². The van der Waals surface area contributed by atoms with Gasteiger partial charge in [0.2, 0.25) is 0 Å². The van der Waals surface area contributed by atoms with Gasteiger partial charge >= 0.3 is 0 Å². The summed E-state index contributed by atoms with van der Waals surface area (Å²) >= 11 is 0. The number of nitrogens with zero attached hydrogens (tertiary/aromatic N) is 2. The number of carbonyl (C=O) groups excluding carboxylic acids is 1. The predicted molar refractivity (Wildman–Crippen MR) is 84.2 cm³/mol. The zero-order valence-corrected chi connectivity index (χ0v) is 13.0. The van der Waals surface area contributed by atoms with Crippen LogP contribution in [-0.4, -0.2) is 35.3 Å². The van der Waals surface area contributed by atoms with Crippen molar-refractivity contribution >= 4 is 18.3 Å². The number of nitrogens with one attached hydrogen (secondary N) is 2. The second-order valence-electron chi connectivity index (χ2n) is 5.24. The normalized spacial score (nSPS) is 14.1. The van der Waals surface area contributed by atoms with E-state index in [0.717, 1.165) is 13.1 Å². The van der Waals surface area contributed by atoms with Gasteiger partial charge in [0.1, 0.15) is 11.5 Å². The number of aromatic nitrogens is 2. The lowest BCUT2D eigenvalue weighted by Gasteiger charge is -2.27. The molecule has 0 aliphatic carbocycles. The van der Waals surface area contributed by atoms with E-state index in [4.69, 9.17) is 0 Å². The maximum atomic E-state index is 13.8. The van der Waals surface area contributed by atoms with Gasteiger partial charge < -0.3 is 10.6 Å². The zero-order valence-electron chi connectivity index (χ0n) is 12.2. The molecule has 0 radical (unpaired) electrons. The topological polar surface area (TPSA) is 59.0 Å². The summed E-state index contributed by atoms with van der Waals surface area (Å²) in [6.45, 7) is 4.29. The van der Waals surface area contributed by atoms with E-state index in [1.807, 2.05) is 0 Å². The fraction of sp³-hybridized carbons (Fsp3) is 0.333. The summed E-state index contributed by atoms with van der Waals surface area (Å²) in [5.41, 5.74) is 1.45. The van der Waals surface area contributed by atoms with E-state index in [9.17, 15) is 9.18 Å². The van der Waals surface area contributed by atoms with Crippen LogP contribution >= 0.6 is 12.4 Å². The summed E-state index contributed by atoms with van der Waals surface area (Å²) in [6, 6.07) is 6.37. The Labute approximate surface area is 134 Å². The molecule has 2 N–H and O–H groups in total. The molecule has 1 fully saturated rings. The molecule has 5 nitrogen and oxygen atoms in total. The van der Waals surface area contributed by atoms with Crippen LogP contribution in [-0.2, 0) is 0 Å². The summed E-state index contributed by atoms with van der Waals surface area (Å²) in [7, 11) is 0. The minimum Gasteiger partial charge on any atom is -0.352 e. The summed E-state index contributed by atoms with van der Waals surface area (Å²) in [5, 5.41) is 10.2. The van der Waals surface area contributed by atoms with E-state index in [0.29, 0.717) is 29.4 Å². The number of hydrogen-bond acceptors (Lipinski definition) is 3. The van der Waals surface area contributed by atoms with Gasteiger partial charge in [-0.2, -0.15) is 5.10 Å². The average Bonchev–Trinajstić information content (AvgIpc) is 2.79. The number of rotatable bonds is 4. The van der Waals surface area contributed by atoms with Gasteiger partial charge in [0, 0.05) is 25.6 Å². The Balaban J connectivity index is 0.00000176. The predicted octanol–water partition coefficient (Wildman–Crippen LogP) is 1.69. The van der Waals surface area contributed by atoms with Crippen molar-refractivity contribution in [2.24, 2.45) is 5.92 Å². The molecule has 0 unspecified atom stereocenters. The first-order valence-electron chi connectivity index (χ1n) is 6.95. The first-order valence-corrected chi connectivity index (χ1v) is 6.95. The molecule has 0 spiro atoms. The molecule has 3 rings (SSSR count). The Hall–Kier alpha value is -1.92. The molecule has 0 atom stereocenters. The van der Waals surface area contributed by atoms with Gasteiger partial charge in [-0.1, -0.05) is 12.1 Å². The number of benzene rings is 1. The van der Waals surface area contributed by atoms with Gasteiger partial charge in [0.15, 0.2) is 0 Å². The highest BCUT2D eigenvalue weighted by atomic mass is 35.5. The van der Waals surface area contributed by atoms with Crippen molar-refractivity contribution in [3.8, 4) is 5.69 Å². The molecule has 1 amide bonds. The molecular formula is C15H18ClFN4O. The van der Waals surface area contributed by atoms with E-state index in [1.54, 1.807) is 25.1 Å². The van der Waals surface area contributed by atoms with Crippen LogP contribution in [0.2, 0.25) is 0 Å². The SMILES string of the molecule is Cc1c(C(=O)NCC2CNC2)cnn1-c1ccccc1F.Cl. The highest BCUT2D eigenvalue weighted by Gasteiger charge is 2.20. The van der Waals surface area contributed by atoms with Crippen LogP contribution in [0.5, 0.6) is 0 Å². The number of halogens is 2. The Morgan fingerprint density at radius 2 is 2.18 bits per heavy atom. The number of para-hydroxylation sites is 1. The highest BCUT2D eigenvalue weighted by Crippen LogP contribution is 2.17. The standard InChI is InChI=1S/C15H17FN4O.ClH/c1-10-12(15(21)18-8-11-6-17-7-11)9-19-20(10)14-5-3-2-4-13(14)16;/h2-5,9,11,17H,6-8H2,1H3,(H,18,21);1H. The average molecular weight is 325 g/mol. The van der Waals surface area contributed by atoms with Crippen LogP contribution in [0, 0.1) is 18.7 Å². The smallest absolute Gasteiger partial charge is 0.254 e. The van der Waals surface area contributed by atoms with Crippen molar-refractivity contribution < 1.29 is 9.18 Å². The first-order chi connectivity index (χ1) is 10.2. The third kappa shape index (κ3) is 3.13. The molecule has 118 valence electrons. The molecule has 1 aromatic carbocycles. The lowest BCUT2D eigenvalue weighted by molar-refractivity contribution is 0.0941. The van der Waals surface area contributed by atoms with Crippen LogP contribution < -0.4 is 10.6 Å². The fourth-order valence-corrected chi connectivity index (χ4v) is 2.32. The molecular weight excluding hydrogens is 307 g/mol. The molecule has 1 aromatic heterocycles. The van der Waals surface area contributed by atoms with Crippen molar-refractivity contribution in [3.05, 3.63) is 47.5 Å². The van der Waals surface area contributed by atoms with Crippen LogP contribution in [0.15, 0.2) is 30.5 Å². The maximum absolute atomic E-state index is 13.8. The maximum Gasteiger partial charge on any atom is 0.254 e. The lowest BCUT2D eigenvalue weighted by atomic mass is 10.0. The van der Waals surface area contributed by atoms with Crippen molar-refractivity contribution in [3.63, 3.8) is 0 Å². The van der Waals surface area contributed by atoms with E-state index in [-0.39, 0.29) is 24.1 Å². The quantitative estimate of drug-likeness (QED) is 0.900. The van der Waals surface area contributed by atoms with Crippen molar-refractivity contribution in [1.29, 1.82) is 0 Å². The summed E-state index contributed by atoms with van der Waals surface area (Å²) < 4.78 is 15.3. The molecule has 0 bridgehead atoms. The molecule has 2 aromatic rings. The Morgan fingerprint density at radius 1 is 1.45 bits per heavy atom. The van der Waals surface area contributed by atoms with Crippen molar-refractivity contribution in [1.82, 2.24) is 20.4 Å². The minimum absolute atomic E-state index is 0. The Kier molecular flexibility index (Phi) is 5.15. The fourth-order valence-electron chi connectivity index (χ4n) is 2.32. The Morgan fingerprint density at radius 3 is 2.82 bits per heavy atom. The molecule has 22 heavy (non-hydrogen) atoms. The molecule has 0 saturated carbocycles. The number of carbonyl (C=O) groups is 1. The molecule has 1 saturated heterocycles. The lowest BCUT2D eigenvalue weighted by Crippen LogP contribution is -2.48. The molecule has 1 aliphatic rings. The van der Waals surface area contributed by atoms with Gasteiger partial charge in [-0.15, -0.1) is 12.4 Å². The molecule has 2 heterocycles. The first kappa shape index (κ1) is 16.5. The van der Waals surface area contributed by atoms with Gasteiger partial charge in [-0.25, -0.2) is 9.07 Å². The van der Waals surface area contributed by atoms with E-state index in [1.165, 1.54) is 16.9 Å². The highest BCUT2D eigenvalue weighted by molar-refractivity contribution is 5.95. The number of hydrogen-bond donors (Lipinski definition) is 2. The number of amides is 1. The van der Waals surface area contributed by atoms with E-state index < -0.39 is 0 Å². The third-order valence-electron chi connectivity index (χ3n) is 3.75. The van der Waals surface area contributed by atoms with Gasteiger partial charge in [0.05, 0.1) is 17.5 Å². The van der Waals surface area contributed by atoms with Gasteiger partial charge in [-0.05, 0) is 19.1 Å². The monoisotopic (exact) mass is 324 g/mol. The van der Waals surface area contributed by atoms with Crippen molar-refractivity contribution in [2.45, 2.75) is 6.92 Å². The van der Waals surface area contributed by atoms with Crippen LogP contribution in [0.1, 0.15) is 16.1 Å². The van der Waals surface area contributed by atoms with E-state index in [2.05, 4.69) is 15.7 Å². The molecule has 7 heteroatoms. The summed E-state index contributed by atoms with van der Waals surface area (Å²) in [4.78, 5) is 12.2. The Bertz CT molecular complexity index is 669. The van der Waals surface area contributed by atoms with Crippen molar-refractivity contribution in [2.75, 3.05) is 19.6 Å². The zero-order chi connectivity index (χ0) is 14.8. The largest absolute Gasteiger partial charge is 0.352 e. The molecule has 1 aliphatic heterocycles. The van der Waals surface area contributed by atoms with Crippen LogP contribution in [0.3, 0.4) is 0 Å². The minimum atomic E-state index is -0.365. The van der Waals surface area contributed by atoms with Gasteiger partial charge in [0.25, 0.3) is 5.91 Å². The van der Waals surface area contributed by atoms with Crippen LogP contribution in [0.4, 0.5) is 4.39 Å². The third-order valence-corrected chi connectivity index (χ3v) is 3.75. The second-order valence-corrected chi connectivity index (χ2v) is 5.24. The summed E-state index contributed by atoms with van der Waals surface area (Å²) in [5.74, 6) is -0.0333. The summed E-state index contributed by atoms with van der Waals surface area (Å²) in [6.07, 6.45) is 1.48. The van der Waals surface area contributed by atoms with E-state index >= 15 is 0 Å². The van der Waals surface area contributed by atoms with Crippen LogP contribution in [0.25, 0.3) is 5.69 Å². The second kappa shape index (κ2) is 6.89.